The monoisotopic (exact) mass is 254 g/mol. The van der Waals surface area contributed by atoms with Crippen LogP contribution in [0.3, 0.4) is 0 Å². The van der Waals surface area contributed by atoms with Gasteiger partial charge in [-0.05, 0) is 19.1 Å². The molecule has 0 spiro atoms. The van der Waals surface area contributed by atoms with Crippen LogP contribution in [0.1, 0.15) is 6.92 Å². The summed E-state index contributed by atoms with van der Waals surface area (Å²) in [6.07, 6.45) is 1.63. The SMILES string of the molecule is CC(CS(C)=O)NC(=O)CNc1ccccc1. The number of hydrogen-bond donors (Lipinski definition) is 2. The maximum atomic E-state index is 11.5. The first-order chi connectivity index (χ1) is 8.08. The Hall–Kier alpha value is -1.36. The van der Waals surface area contributed by atoms with E-state index in [0.29, 0.717) is 5.75 Å². The third-order valence-electron chi connectivity index (χ3n) is 2.12. The molecule has 4 nitrogen and oxygen atoms in total. The molecule has 2 N–H and O–H groups in total. The van der Waals surface area contributed by atoms with Crippen molar-refractivity contribution in [3.8, 4) is 0 Å². The summed E-state index contributed by atoms with van der Waals surface area (Å²) in [6, 6.07) is 9.47. The van der Waals surface area contributed by atoms with Crippen LogP contribution in [0.5, 0.6) is 0 Å². The highest BCUT2D eigenvalue weighted by atomic mass is 32.2. The fourth-order valence-corrected chi connectivity index (χ4v) is 2.25. The predicted molar refractivity (Wildman–Crippen MR) is 71.5 cm³/mol. The second-order valence-electron chi connectivity index (χ2n) is 3.93. The molecular weight excluding hydrogens is 236 g/mol. The zero-order chi connectivity index (χ0) is 12.7. The lowest BCUT2D eigenvalue weighted by Gasteiger charge is -2.13. The van der Waals surface area contributed by atoms with Crippen LogP contribution in [0, 0.1) is 0 Å². The third kappa shape index (κ3) is 6.06. The van der Waals surface area contributed by atoms with E-state index < -0.39 is 10.8 Å². The van der Waals surface area contributed by atoms with Gasteiger partial charge in [-0.2, -0.15) is 0 Å². The molecule has 1 amide bonds. The van der Waals surface area contributed by atoms with E-state index >= 15 is 0 Å². The van der Waals surface area contributed by atoms with Crippen LogP contribution in [0.4, 0.5) is 5.69 Å². The number of hydrogen-bond acceptors (Lipinski definition) is 3. The molecule has 0 saturated heterocycles. The average Bonchev–Trinajstić information content (AvgIpc) is 2.26. The van der Waals surface area contributed by atoms with Crippen molar-refractivity contribution in [1.29, 1.82) is 0 Å². The van der Waals surface area contributed by atoms with Crippen molar-refractivity contribution in [1.82, 2.24) is 5.32 Å². The molecule has 94 valence electrons. The standard InChI is InChI=1S/C12H18N2O2S/c1-10(9-17(2)16)14-12(15)8-13-11-6-4-3-5-7-11/h3-7,10,13H,8-9H2,1-2H3,(H,14,15). The van der Waals surface area contributed by atoms with E-state index in [1.165, 1.54) is 0 Å². The Morgan fingerprint density at radius 3 is 2.59 bits per heavy atom. The van der Waals surface area contributed by atoms with Crippen LogP contribution in [0.25, 0.3) is 0 Å². The molecule has 1 aromatic rings. The highest BCUT2D eigenvalue weighted by Gasteiger charge is 2.08. The molecule has 1 aromatic carbocycles. The third-order valence-corrected chi connectivity index (χ3v) is 3.09. The lowest BCUT2D eigenvalue weighted by Crippen LogP contribution is -2.39. The maximum Gasteiger partial charge on any atom is 0.239 e. The molecule has 2 unspecified atom stereocenters. The summed E-state index contributed by atoms with van der Waals surface area (Å²) < 4.78 is 11.0. The van der Waals surface area contributed by atoms with Gasteiger partial charge in [0.2, 0.25) is 5.91 Å². The molecule has 0 saturated carbocycles. The van der Waals surface area contributed by atoms with Crippen molar-refractivity contribution >= 4 is 22.4 Å². The first-order valence-electron chi connectivity index (χ1n) is 5.46. The number of anilines is 1. The zero-order valence-corrected chi connectivity index (χ0v) is 10.9. The van der Waals surface area contributed by atoms with E-state index in [1.807, 2.05) is 37.3 Å². The van der Waals surface area contributed by atoms with Gasteiger partial charge in [-0.3, -0.25) is 9.00 Å². The lowest BCUT2D eigenvalue weighted by atomic mass is 10.3. The van der Waals surface area contributed by atoms with Crippen LogP contribution in [0.15, 0.2) is 30.3 Å². The molecule has 5 heteroatoms. The highest BCUT2D eigenvalue weighted by molar-refractivity contribution is 7.84. The molecule has 0 aliphatic carbocycles. The molecule has 0 heterocycles. The van der Waals surface area contributed by atoms with Crippen LogP contribution in [-0.4, -0.2) is 34.7 Å². The van der Waals surface area contributed by atoms with Crippen LogP contribution < -0.4 is 10.6 Å². The van der Waals surface area contributed by atoms with Crippen LogP contribution in [-0.2, 0) is 15.6 Å². The Morgan fingerprint density at radius 1 is 1.35 bits per heavy atom. The average molecular weight is 254 g/mol. The summed E-state index contributed by atoms with van der Waals surface area (Å²) in [5, 5.41) is 5.80. The molecule has 0 aromatic heterocycles. The fraction of sp³-hybridized carbons (Fsp3) is 0.417. The molecule has 0 aliphatic rings. The number of benzene rings is 1. The number of carbonyl (C=O) groups is 1. The highest BCUT2D eigenvalue weighted by Crippen LogP contribution is 2.03. The Labute approximate surface area is 104 Å². The van der Waals surface area contributed by atoms with Crippen molar-refractivity contribution in [2.45, 2.75) is 13.0 Å². The summed E-state index contributed by atoms with van der Waals surface area (Å²) >= 11 is 0. The molecule has 0 radical (unpaired) electrons. The smallest absolute Gasteiger partial charge is 0.239 e. The van der Waals surface area contributed by atoms with Crippen molar-refractivity contribution < 1.29 is 9.00 Å². The zero-order valence-electron chi connectivity index (χ0n) is 10.1. The fourth-order valence-electron chi connectivity index (χ4n) is 1.46. The van der Waals surface area contributed by atoms with E-state index in [1.54, 1.807) is 6.26 Å². The van der Waals surface area contributed by atoms with Gasteiger partial charge in [-0.25, -0.2) is 0 Å². The van der Waals surface area contributed by atoms with Crippen molar-refractivity contribution in [3.63, 3.8) is 0 Å². The molecule has 0 aliphatic heterocycles. The van der Waals surface area contributed by atoms with Gasteiger partial charge in [0.15, 0.2) is 0 Å². The Kier molecular flexibility index (Phi) is 5.69. The van der Waals surface area contributed by atoms with E-state index in [9.17, 15) is 9.00 Å². The van der Waals surface area contributed by atoms with Crippen molar-refractivity contribution in [2.75, 3.05) is 23.9 Å². The summed E-state index contributed by atoms with van der Waals surface area (Å²) in [5.74, 6) is 0.392. The van der Waals surface area contributed by atoms with Crippen molar-refractivity contribution in [3.05, 3.63) is 30.3 Å². The minimum absolute atomic E-state index is 0.0640. The topological polar surface area (TPSA) is 58.2 Å². The molecule has 17 heavy (non-hydrogen) atoms. The molecule has 0 bridgehead atoms. The Bertz CT molecular complexity index is 381. The molecule has 2 atom stereocenters. The quantitative estimate of drug-likeness (QED) is 0.795. The number of carbonyl (C=O) groups excluding carboxylic acids is 1. The minimum atomic E-state index is -0.887. The number of nitrogens with one attached hydrogen (secondary N) is 2. The summed E-state index contributed by atoms with van der Waals surface area (Å²) in [6.45, 7) is 2.08. The van der Waals surface area contributed by atoms with Crippen molar-refractivity contribution in [2.24, 2.45) is 0 Å². The second-order valence-corrected chi connectivity index (χ2v) is 5.41. The van der Waals surface area contributed by atoms with Gasteiger partial charge < -0.3 is 10.6 Å². The van der Waals surface area contributed by atoms with Gasteiger partial charge in [-0.15, -0.1) is 0 Å². The first-order valence-corrected chi connectivity index (χ1v) is 7.19. The van der Waals surface area contributed by atoms with Crippen LogP contribution in [0.2, 0.25) is 0 Å². The Balaban J connectivity index is 2.28. The predicted octanol–water partition coefficient (Wildman–Crippen LogP) is 0.982. The molecule has 0 fully saturated rings. The van der Waals surface area contributed by atoms with E-state index in [-0.39, 0.29) is 18.5 Å². The van der Waals surface area contributed by atoms with Gasteiger partial charge >= 0.3 is 0 Å². The van der Waals surface area contributed by atoms with E-state index in [0.717, 1.165) is 5.69 Å². The second kappa shape index (κ2) is 7.06. The van der Waals surface area contributed by atoms with Gasteiger partial charge in [0, 0.05) is 34.5 Å². The minimum Gasteiger partial charge on any atom is -0.376 e. The first kappa shape index (κ1) is 13.7. The normalized spacial score (nSPS) is 13.8. The number of amides is 1. The number of rotatable bonds is 6. The summed E-state index contributed by atoms with van der Waals surface area (Å²) in [4.78, 5) is 11.5. The van der Waals surface area contributed by atoms with E-state index in [4.69, 9.17) is 0 Å². The maximum absolute atomic E-state index is 11.5. The largest absolute Gasteiger partial charge is 0.376 e. The molecule has 1 rings (SSSR count). The summed E-state index contributed by atoms with van der Waals surface area (Å²) in [5.41, 5.74) is 0.911. The lowest BCUT2D eigenvalue weighted by molar-refractivity contribution is -0.119. The Morgan fingerprint density at radius 2 is 2.00 bits per heavy atom. The van der Waals surface area contributed by atoms with Gasteiger partial charge in [-0.1, -0.05) is 18.2 Å². The van der Waals surface area contributed by atoms with Crippen LogP contribution >= 0.6 is 0 Å². The number of para-hydroxylation sites is 1. The summed E-state index contributed by atoms with van der Waals surface area (Å²) in [7, 11) is -0.887. The van der Waals surface area contributed by atoms with Gasteiger partial charge in [0.05, 0.1) is 6.54 Å². The van der Waals surface area contributed by atoms with Gasteiger partial charge in [0.25, 0.3) is 0 Å². The van der Waals surface area contributed by atoms with E-state index in [2.05, 4.69) is 10.6 Å². The molecular formula is C12H18N2O2S. The van der Waals surface area contributed by atoms with Gasteiger partial charge in [0.1, 0.15) is 0 Å².